The Balaban J connectivity index is 1.78. The second kappa shape index (κ2) is 6.87. The van der Waals surface area contributed by atoms with Gasteiger partial charge in [-0.1, -0.05) is 41.6 Å². The quantitative estimate of drug-likeness (QED) is 0.757. The van der Waals surface area contributed by atoms with Crippen molar-refractivity contribution in [3.63, 3.8) is 0 Å². The van der Waals surface area contributed by atoms with Gasteiger partial charge < -0.3 is 14.5 Å². The maximum absolute atomic E-state index is 9.25. The van der Waals surface area contributed by atoms with Crippen LogP contribution in [0.3, 0.4) is 0 Å². The van der Waals surface area contributed by atoms with Crippen molar-refractivity contribution in [3.8, 4) is 11.5 Å². The number of para-hydroxylation sites is 1. The lowest BCUT2D eigenvalue weighted by Crippen LogP contribution is -2.26. The van der Waals surface area contributed by atoms with E-state index in [1.165, 1.54) is 0 Å². The zero-order chi connectivity index (χ0) is 15.2. The Labute approximate surface area is 128 Å². The summed E-state index contributed by atoms with van der Waals surface area (Å²) in [5.41, 5.74) is 1.91. The lowest BCUT2D eigenvalue weighted by molar-refractivity contribution is 0.301. The van der Waals surface area contributed by atoms with Crippen molar-refractivity contribution in [3.05, 3.63) is 66.5 Å². The molecule has 0 aliphatic heterocycles. The standard InChI is InChI=1S/C17H17N3O2/c21-12-11-20(15-9-5-2-6-10-15)13-16-18-17(22-19-16)14-7-3-1-4-8-14/h1-10,21H,11-13H2. The highest BCUT2D eigenvalue weighted by Gasteiger charge is 2.13. The molecule has 5 heteroatoms. The third-order valence-electron chi connectivity index (χ3n) is 3.31. The first kappa shape index (κ1) is 14.3. The minimum Gasteiger partial charge on any atom is -0.395 e. The topological polar surface area (TPSA) is 62.4 Å². The van der Waals surface area contributed by atoms with Gasteiger partial charge in [-0.25, -0.2) is 0 Å². The summed E-state index contributed by atoms with van der Waals surface area (Å²) >= 11 is 0. The second-order valence-electron chi connectivity index (χ2n) is 4.86. The number of aliphatic hydroxyl groups is 1. The second-order valence-corrected chi connectivity index (χ2v) is 4.86. The molecule has 1 N–H and O–H groups in total. The Morgan fingerprint density at radius 2 is 1.64 bits per heavy atom. The van der Waals surface area contributed by atoms with Gasteiger partial charge in [0, 0.05) is 17.8 Å². The maximum Gasteiger partial charge on any atom is 0.257 e. The van der Waals surface area contributed by atoms with E-state index in [0.29, 0.717) is 24.8 Å². The number of hydrogen-bond donors (Lipinski definition) is 1. The molecule has 0 radical (unpaired) electrons. The predicted octanol–water partition coefficient (Wildman–Crippen LogP) is 2.74. The van der Waals surface area contributed by atoms with Gasteiger partial charge in [-0.15, -0.1) is 0 Å². The zero-order valence-corrected chi connectivity index (χ0v) is 12.1. The molecule has 0 fully saturated rings. The van der Waals surface area contributed by atoms with Gasteiger partial charge in [0.15, 0.2) is 5.82 Å². The van der Waals surface area contributed by atoms with E-state index in [1.807, 2.05) is 65.6 Å². The number of benzene rings is 2. The van der Waals surface area contributed by atoms with Crippen molar-refractivity contribution in [2.75, 3.05) is 18.1 Å². The molecule has 2 aromatic carbocycles. The van der Waals surface area contributed by atoms with Gasteiger partial charge in [-0.2, -0.15) is 4.98 Å². The van der Waals surface area contributed by atoms with Gasteiger partial charge in [0.25, 0.3) is 5.89 Å². The van der Waals surface area contributed by atoms with Crippen LogP contribution >= 0.6 is 0 Å². The van der Waals surface area contributed by atoms with Crippen molar-refractivity contribution < 1.29 is 9.63 Å². The third kappa shape index (κ3) is 3.32. The minimum absolute atomic E-state index is 0.0677. The third-order valence-corrected chi connectivity index (χ3v) is 3.31. The molecular formula is C17H17N3O2. The van der Waals surface area contributed by atoms with E-state index in [-0.39, 0.29) is 6.61 Å². The van der Waals surface area contributed by atoms with E-state index < -0.39 is 0 Å². The van der Waals surface area contributed by atoms with Crippen LogP contribution in [0.2, 0.25) is 0 Å². The Hall–Kier alpha value is -2.66. The highest BCUT2D eigenvalue weighted by Crippen LogP contribution is 2.19. The highest BCUT2D eigenvalue weighted by molar-refractivity contribution is 5.52. The average Bonchev–Trinajstić information content (AvgIpc) is 3.05. The summed E-state index contributed by atoms with van der Waals surface area (Å²) in [5, 5.41) is 13.3. The van der Waals surface area contributed by atoms with E-state index in [0.717, 1.165) is 11.3 Å². The molecule has 112 valence electrons. The summed E-state index contributed by atoms with van der Waals surface area (Å²) < 4.78 is 5.32. The normalized spacial score (nSPS) is 10.6. The summed E-state index contributed by atoms with van der Waals surface area (Å²) in [6.07, 6.45) is 0. The number of anilines is 1. The highest BCUT2D eigenvalue weighted by atomic mass is 16.5. The number of nitrogens with zero attached hydrogens (tertiary/aromatic N) is 3. The van der Waals surface area contributed by atoms with Crippen molar-refractivity contribution in [1.29, 1.82) is 0 Å². The summed E-state index contributed by atoms with van der Waals surface area (Å²) in [5.74, 6) is 1.10. The fourth-order valence-electron chi connectivity index (χ4n) is 2.25. The Kier molecular flexibility index (Phi) is 4.46. The molecule has 3 aromatic rings. The molecule has 0 aliphatic rings. The van der Waals surface area contributed by atoms with Gasteiger partial charge in [0.2, 0.25) is 0 Å². The molecule has 0 unspecified atom stereocenters. The Morgan fingerprint density at radius 1 is 0.955 bits per heavy atom. The molecule has 0 atom stereocenters. The number of hydrogen-bond acceptors (Lipinski definition) is 5. The molecule has 5 nitrogen and oxygen atoms in total. The molecule has 3 rings (SSSR count). The molecule has 1 aromatic heterocycles. The van der Waals surface area contributed by atoms with Crippen LogP contribution in [0.4, 0.5) is 5.69 Å². The molecular weight excluding hydrogens is 278 g/mol. The monoisotopic (exact) mass is 295 g/mol. The summed E-state index contributed by atoms with van der Waals surface area (Å²) in [6.45, 7) is 1.07. The largest absolute Gasteiger partial charge is 0.395 e. The molecule has 1 heterocycles. The first-order valence-electron chi connectivity index (χ1n) is 7.15. The first-order valence-corrected chi connectivity index (χ1v) is 7.15. The predicted molar refractivity (Wildman–Crippen MR) is 84.3 cm³/mol. The van der Waals surface area contributed by atoms with Crippen molar-refractivity contribution in [2.24, 2.45) is 0 Å². The van der Waals surface area contributed by atoms with Crippen LogP contribution in [-0.4, -0.2) is 28.4 Å². The average molecular weight is 295 g/mol. The fourth-order valence-corrected chi connectivity index (χ4v) is 2.25. The molecule has 0 bridgehead atoms. The van der Waals surface area contributed by atoms with Crippen LogP contribution in [0.5, 0.6) is 0 Å². The van der Waals surface area contributed by atoms with Crippen molar-refractivity contribution in [1.82, 2.24) is 10.1 Å². The first-order chi connectivity index (χ1) is 10.9. The maximum atomic E-state index is 9.25. The van der Waals surface area contributed by atoms with E-state index >= 15 is 0 Å². The van der Waals surface area contributed by atoms with Crippen LogP contribution in [0.15, 0.2) is 65.2 Å². The fraction of sp³-hybridized carbons (Fsp3) is 0.176. The molecule has 0 saturated heterocycles. The summed E-state index contributed by atoms with van der Waals surface area (Å²) in [7, 11) is 0. The van der Waals surface area contributed by atoms with Crippen LogP contribution in [-0.2, 0) is 6.54 Å². The molecule has 22 heavy (non-hydrogen) atoms. The van der Waals surface area contributed by atoms with E-state index in [9.17, 15) is 5.11 Å². The molecule has 0 spiro atoms. The number of aliphatic hydroxyl groups excluding tert-OH is 1. The van der Waals surface area contributed by atoms with Gasteiger partial charge in [0.05, 0.1) is 13.2 Å². The minimum atomic E-state index is 0.0677. The Bertz CT molecular complexity index is 698. The lowest BCUT2D eigenvalue weighted by atomic mass is 10.2. The number of rotatable bonds is 6. The molecule has 0 saturated carbocycles. The summed E-state index contributed by atoms with van der Waals surface area (Å²) in [6, 6.07) is 19.5. The van der Waals surface area contributed by atoms with Gasteiger partial charge in [0.1, 0.15) is 0 Å². The SMILES string of the molecule is OCCN(Cc1noc(-c2ccccc2)n1)c1ccccc1. The molecule has 0 aliphatic carbocycles. The van der Waals surface area contributed by atoms with Gasteiger partial charge in [-0.05, 0) is 24.3 Å². The van der Waals surface area contributed by atoms with Crippen LogP contribution in [0.25, 0.3) is 11.5 Å². The van der Waals surface area contributed by atoms with E-state index in [1.54, 1.807) is 0 Å². The van der Waals surface area contributed by atoms with Crippen LogP contribution < -0.4 is 4.90 Å². The molecule has 0 amide bonds. The van der Waals surface area contributed by atoms with Crippen molar-refractivity contribution >= 4 is 5.69 Å². The Morgan fingerprint density at radius 3 is 2.32 bits per heavy atom. The lowest BCUT2D eigenvalue weighted by Gasteiger charge is -2.21. The van der Waals surface area contributed by atoms with Crippen molar-refractivity contribution in [2.45, 2.75) is 6.54 Å². The summed E-state index contributed by atoms with van der Waals surface area (Å²) in [4.78, 5) is 6.44. The van der Waals surface area contributed by atoms with Gasteiger partial charge >= 0.3 is 0 Å². The zero-order valence-electron chi connectivity index (χ0n) is 12.1. The van der Waals surface area contributed by atoms with Crippen LogP contribution in [0, 0.1) is 0 Å². The van der Waals surface area contributed by atoms with Crippen LogP contribution in [0.1, 0.15) is 5.82 Å². The van der Waals surface area contributed by atoms with E-state index in [4.69, 9.17) is 4.52 Å². The van der Waals surface area contributed by atoms with E-state index in [2.05, 4.69) is 10.1 Å². The number of aromatic nitrogens is 2. The van der Waals surface area contributed by atoms with Gasteiger partial charge in [-0.3, -0.25) is 0 Å². The smallest absolute Gasteiger partial charge is 0.257 e.